The van der Waals surface area contributed by atoms with Crippen LogP contribution in [-0.4, -0.2) is 16.6 Å². The first kappa shape index (κ1) is 14.8. The van der Waals surface area contributed by atoms with Gasteiger partial charge in [-0.15, -0.1) is 0 Å². The van der Waals surface area contributed by atoms with Gasteiger partial charge in [0, 0.05) is 30.2 Å². The molecule has 0 unspecified atom stereocenters. The summed E-state index contributed by atoms with van der Waals surface area (Å²) >= 11 is 0. The fourth-order valence-electron chi connectivity index (χ4n) is 2.54. The Morgan fingerprint density at radius 1 is 1.09 bits per heavy atom. The van der Waals surface area contributed by atoms with E-state index in [2.05, 4.69) is 0 Å². The maximum Gasteiger partial charge on any atom is 0.269 e. The van der Waals surface area contributed by atoms with Crippen LogP contribution in [0.15, 0.2) is 67.0 Å². The molecule has 0 fully saturated rings. The van der Waals surface area contributed by atoms with Gasteiger partial charge in [0.2, 0.25) is 0 Å². The van der Waals surface area contributed by atoms with Gasteiger partial charge in [0.1, 0.15) is 5.75 Å². The van der Waals surface area contributed by atoms with Crippen molar-refractivity contribution in [3.05, 3.63) is 88.2 Å². The van der Waals surface area contributed by atoms with Crippen LogP contribution in [0.2, 0.25) is 0 Å². The van der Waals surface area contributed by atoms with Crippen LogP contribution in [0.3, 0.4) is 0 Å². The molecule has 116 valence electrons. The number of rotatable bonds is 5. The van der Waals surface area contributed by atoms with Crippen LogP contribution in [0.1, 0.15) is 11.1 Å². The van der Waals surface area contributed by atoms with Gasteiger partial charge >= 0.3 is 0 Å². The first-order valence-electron chi connectivity index (χ1n) is 7.21. The van der Waals surface area contributed by atoms with Gasteiger partial charge in [-0.25, -0.2) is 0 Å². The third-order valence-electron chi connectivity index (χ3n) is 3.71. The molecule has 0 radical (unpaired) electrons. The van der Waals surface area contributed by atoms with E-state index in [0.717, 1.165) is 22.6 Å². The first-order valence-corrected chi connectivity index (χ1v) is 7.21. The smallest absolute Gasteiger partial charge is 0.269 e. The molecule has 3 rings (SSSR count). The van der Waals surface area contributed by atoms with E-state index in [1.54, 1.807) is 19.2 Å². The van der Waals surface area contributed by atoms with Crippen LogP contribution in [0.25, 0.3) is 5.69 Å². The molecule has 3 aromatic rings. The Morgan fingerprint density at radius 2 is 1.78 bits per heavy atom. The highest BCUT2D eigenvalue weighted by Gasteiger charge is 2.12. The van der Waals surface area contributed by atoms with Gasteiger partial charge in [-0.05, 0) is 47.9 Å². The molecule has 0 saturated heterocycles. The summed E-state index contributed by atoms with van der Waals surface area (Å²) in [6.07, 6.45) is 4.47. The first-order chi connectivity index (χ1) is 11.2. The zero-order valence-corrected chi connectivity index (χ0v) is 12.7. The van der Waals surface area contributed by atoms with E-state index in [0.29, 0.717) is 6.42 Å². The summed E-state index contributed by atoms with van der Waals surface area (Å²) < 4.78 is 7.12. The van der Waals surface area contributed by atoms with Crippen molar-refractivity contribution in [1.29, 1.82) is 0 Å². The van der Waals surface area contributed by atoms with Gasteiger partial charge in [-0.3, -0.25) is 10.1 Å². The summed E-state index contributed by atoms with van der Waals surface area (Å²) in [5.74, 6) is 0.790. The third kappa shape index (κ3) is 3.23. The van der Waals surface area contributed by atoms with Crippen molar-refractivity contribution in [2.45, 2.75) is 6.42 Å². The Balaban J connectivity index is 2.00. The standard InChI is InChI=1S/C18H16N2O3/c1-23-17-7-4-14(5-8-17)12-15-13-16(20(21)22)6-9-18(15)19-10-2-3-11-19/h2-11,13H,12H2,1H3. The van der Waals surface area contributed by atoms with E-state index in [9.17, 15) is 10.1 Å². The number of nitrogens with zero attached hydrogens (tertiary/aromatic N) is 2. The molecule has 0 aliphatic rings. The second kappa shape index (κ2) is 6.36. The summed E-state index contributed by atoms with van der Waals surface area (Å²) in [7, 11) is 1.62. The lowest BCUT2D eigenvalue weighted by Gasteiger charge is -2.11. The molecule has 2 aromatic carbocycles. The molecule has 23 heavy (non-hydrogen) atoms. The normalized spacial score (nSPS) is 10.5. The van der Waals surface area contributed by atoms with Crippen LogP contribution >= 0.6 is 0 Å². The fraction of sp³-hybridized carbons (Fsp3) is 0.111. The summed E-state index contributed by atoms with van der Waals surface area (Å²) in [5.41, 5.74) is 3.01. The zero-order valence-electron chi connectivity index (χ0n) is 12.7. The van der Waals surface area contributed by atoms with Crippen molar-refractivity contribution in [3.63, 3.8) is 0 Å². The number of hydrogen-bond donors (Lipinski definition) is 0. The minimum atomic E-state index is -0.364. The van der Waals surface area contributed by atoms with Gasteiger partial charge < -0.3 is 9.30 Å². The zero-order chi connectivity index (χ0) is 16.2. The Morgan fingerprint density at radius 3 is 2.39 bits per heavy atom. The molecule has 0 aliphatic carbocycles. The molecule has 5 heteroatoms. The fourth-order valence-corrected chi connectivity index (χ4v) is 2.54. The summed E-state index contributed by atoms with van der Waals surface area (Å²) in [4.78, 5) is 10.7. The Bertz CT molecular complexity index is 809. The largest absolute Gasteiger partial charge is 0.497 e. The van der Waals surface area contributed by atoms with E-state index in [-0.39, 0.29) is 10.6 Å². The number of aromatic nitrogens is 1. The average Bonchev–Trinajstić information content (AvgIpc) is 3.09. The minimum absolute atomic E-state index is 0.101. The van der Waals surface area contributed by atoms with Gasteiger partial charge in [0.15, 0.2) is 0 Å². The van der Waals surface area contributed by atoms with Crippen molar-refractivity contribution in [2.24, 2.45) is 0 Å². The summed E-state index contributed by atoms with van der Waals surface area (Å²) in [6.45, 7) is 0. The molecule has 0 spiro atoms. The van der Waals surface area contributed by atoms with E-state index < -0.39 is 0 Å². The van der Waals surface area contributed by atoms with Crippen LogP contribution in [-0.2, 0) is 6.42 Å². The lowest BCUT2D eigenvalue weighted by Crippen LogP contribution is -2.00. The van der Waals surface area contributed by atoms with Crippen molar-refractivity contribution < 1.29 is 9.66 Å². The summed E-state index contributed by atoms with van der Waals surface area (Å²) in [6, 6.07) is 16.5. The van der Waals surface area contributed by atoms with Crippen LogP contribution < -0.4 is 4.74 Å². The van der Waals surface area contributed by atoms with Crippen molar-refractivity contribution >= 4 is 5.69 Å². The monoisotopic (exact) mass is 308 g/mol. The van der Waals surface area contributed by atoms with Gasteiger partial charge in [-0.2, -0.15) is 0 Å². The molecule has 0 saturated carbocycles. The number of methoxy groups -OCH3 is 1. The Hall–Kier alpha value is -3.08. The molecule has 0 N–H and O–H groups in total. The molecule has 1 heterocycles. The lowest BCUT2D eigenvalue weighted by molar-refractivity contribution is -0.384. The van der Waals surface area contributed by atoms with Gasteiger partial charge in [-0.1, -0.05) is 12.1 Å². The van der Waals surface area contributed by atoms with Crippen molar-refractivity contribution in [3.8, 4) is 11.4 Å². The SMILES string of the molecule is COc1ccc(Cc2cc([N+](=O)[O-])ccc2-n2cccc2)cc1. The van der Waals surface area contributed by atoms with Crippen molar-refractivity contribution in [2.75, 3.05) is 7.11 Å². The molecule has 5 nitrogen and oxygen atoms in total. The third-order valence-corrected chi connectivity index (χ3v) is 3.71. The Kier molecular flexibility index (Phi) is 4.10. The van der Waals surface area contributed by atoms with E-state index in [1.807, 2.05) is 53.4 Å². The number of nitro benzene ring substituents is 1. The highest BCUT2D eigenvalue weighted by molar-refractivity contribution is 5.50. The molecule has 0 aliphatic heterocycles. The van der Waals surface area contributed by atoms with Crippen LogP contribution in [0.4, 0.5) is 5.69 Å². The number of nitro groups is 1. The van der Waals surface area contributed by atoms with Gasteiger partial charge in [0.25, 0.3) is 5.69 Å². The predicted octanol–water partition coefficient (Wildman–Crippen LogP) is 3.98. The second-order valence-corrected chi connectivity index (χ2v) is 5.19. The number of benzene rings is 2. The molecule has 0 amide bonds. The number of hydrogen-bond acceptors (Lipinski definition) is 3. The number of ether oxygens (including phenoxy) is 1. The molecular weight excluding hydrogens is 292 g/mol. The maximum atomic E-state index is 11.1. The molecule has 0 bridgehead atoms. The van der Waals surface area contributed by atoms with E-state index in [1.165, 1.54) is 6.07 Å². The minimum Gasteiger partial charge on any atom is -0.497 e. The van der Waals surface area contributed by atoms with Crippen LogP contribution in [0.5, 0.6) is 5.75 Å². The second-order valence-electron chi connectivity index (χ2n) is 5.19. The number of non-ortho nitro benzene ring substituents is 1. The predicted molar refractivity (Wildman–Crippen MR) is 88.2 cm³/mol. The van der Waals surface area contributed by atoms with Gasteiger partial charge in [0.05, 0.1) is 12.0 Å². The highest BCUT2D eigenvalue weighted by atomic mass is 16.6. The molecule has 0 atom stereocenters. The van der Waals surface area contributed by atoms with E-state index >= 15 is 0 Å². The lowest BCUT2D eigenvalue weighted by atomic mass is 10.0. The topological polar surface area (TPSA) is 57.3 Å². The van der Waals surface area contributed by atoms with Crippen LogP contribution in [0, 0.1) is 10.1 Å². The summed E-state index contributed by atoms with van der Waals surface area (Å²) in [5, 5.41) is 11.1. The quantitative estimate of drug-likeness (QED) is 0.529. The molecule has 1 aromatic heterocycles. The Labute approximate surface area is 133 Å². The maximum absolute atomic E-state index is 11.1. The average molecular weight is 308 g/mol. The van der Waals surface area contributed by atoms with Crippen molar-refractivity contribution in [1.82, 2.24) is 4.57 Å². The molecular formula is C18H16N2O3. The van der Waals surface area contributed by atoms with E-state index in [4.69, 9.17) is 4.74 Å². The highest BCUT2D eigenvalue weighted by Crippen LogP contribution is 2.24.